The zero-order chi connectivity index (χ0) is 29.6. The molecule has 3 amide bonds. The van der Waals surface area contributed by atoms with Crippen molar-refractivity contribution < 1.29 is 47.1 Å². The number of alkyl halides is 3. The molecule has 0 bridgehead atoms. The van der Waals surface area contributed by atoms with Crippen LogP contribution in [0, 0.1) is 5.92 Å². The van der Waals surface area contributed by atoms with E-state index in [2.05, 4.69) is 20.2 Å². The predicted octanol–water partition coefficient (Wildman–Crippen LogP) is 0.758. The minimum atomic E-state index is -5.48. The molecule has 0 aromatic carbocycles. The number of carbonyl (C=O) groups excluding carboxylic acids is 5. The SMILES string of the molecule is Nc1nc(/C(=N/O)C(=O)N[C@@H]2C(=O)N3C(C(=O)OC(=O)C(F)(F)F)=C(C=C4CCN(CC5CC5)C4=O)CS[C@H]23)cs1. The van der Waals surface area contributed by atoms with Crippen molar-refractivity contribution in [2.24, 2.45) is 11.1 Å². The quantitative estimate of drug-likeness (QED) is 0.0754. The number of thiazole rings is 1. The number of nitrogen functional groups attached to an aromatic ring is 1. The Labute approximate surface area is 237 Å². The summed E-state index contributed by atoms with van der Waals surface area (Å²) in [6.07, 6.45) is -1.77. The van der Waals surface area contributed by atoms with E-state index in [0.29, 0.717) is 31.0 Å². The van der Waals surface area contributed by atoms with Gasteiger partial charge in [-0.25, -0.2) is 14.6 Å². The summed E-state index contributed by atoms with van der Waals surface area (Å²) >= 11 is 2.03. The molecule has 2 atom stereocenters. The highest BCUT2D eigenvalue weighted by atomic mass is 32.2. The van der Waals surface area contributed by atoms with Gasteiger partial charge in [-0.15, -0.1) is 23.1 Å². The van der Waals surface area contributed by atoms with E-state index < -0.39 is 52.8 Å². The van der Waals surface area contributed by atoms with Crippen LogP contribution in [0.2, 0.25) is 0 Å². The lowest BCUT2D eigenvalue weighted by Crippen LogP contribution is -2.71. The highest BCUT2D eigenvalue weighted by Crippen LogP contribution is 2.42. The first kappa shape index (κ1) is 28.6. The summed E-state index contributed by atoms with van der Waals surface area (Å²) in [6.45, 7) is 1.02. The normalized spacial score (nSPS) is 24.0. The van der Waals surface area contributed by atoms with Crippen LogP contribution in [-0.2, 0) is 28.7 Å². The maximum atomic E-state index is 13.1. The molecule has 1 aliphatic carbocycles. The van der Waals surface area contributed by atoms with E-state index in [1.807, 2.05) is 0 Å². The predicted molar refractivity (Wildman–Crippen MR) is 136 cm³/mol. The van der Waals surface area contributed by atoms with Crippen LogP contribution in [0.5, 0.6) is 0 Å². The number of thioether (sulfide) groups is 1. The van der Waals surface area contributed by atoms with Gasteiger partial charge in [-0.3, -0.25) is 19.3 Å². The number of anilines is 1. The number of halogens is 3. The first-order valence-corrected chi connectivity index (χ1v) is 14.1. The van der Waals surface area contributed by atoms with Crippen molar-refractivity contribution in [3.63, 3.8) is 0 Å². The van der Waals surface area contributed by atoms with Gasteiger partial charge < -0.3 is 25.9 Å². The zero-order valence-corrected chi connectivity index (χ0v) is 22.5. The first-order chi connectivity index (χ1) is 19.4. The first-order valence-electron chi connectivity index (χ1n) is 12.1. The number of nitrogens with two attached hydrogens (primary N) is 1. The van der Waals surface area contributed by atoms with Crippen molar-refractivity contribution in [2.45, 2.75) is 36.9 Å². The molecular formula is C23H21F3N6O7S2. The second kappa shape index (κ2) is 10.8. The Morgan fingerprint density at radius 1 is 1.29 bits per heavy atom. The van der Waals surface area contributed by atoms with Crippen molar-refractivity contribution in [1.29, 1.82) is 0 Å². The molecule has 5 rings (SSSR count). The summed E-state index contributed by atoms with van der Waals surface area (Å²) in [5.41, 5.74) is 4.63. The number of nitrogens with zero attached hydrogens (tertiary/aromatic N) is 4. The number of fused-ring (bicyclic) bond motifs is 1. The Kier molecular flexibility index (Phi) is 7.54. The number of nitrogens with one attached hydrogen (secondary N) is 1. The Bertz CT molecular complexity index is 1430. The van der Waals surface area contributed by atoms with Crippen LogP contribution in [0.15, 0.2) is 33.5 Å². The number of esters is 2. The van der Waals surface area contributed by atoms with Gasteiger partial charge in [0.1, 0.15) is 22.8 Å². The third-order valence-corrected chi connectivity index (χ3v) is 8.69. The summed E-state index contributed by atoms with van der Waals surface area (Å²) in [4.78, 5) is 69.3. The molecule has 2 saturated heterocycles. The molecule has 41 heavy (non-hydrogen) atoms. The summed E-state index contributed by atoms with van der Waals surface area (Å²) in [5.74, 6) is -6.31. The number of β-lactam (4-membered cyclic amide) rings is 1. The van der Waals surface area contributed by atoms with Crippen LogP contribution in [0.4, 0.5) is 18.3 Å². The number of hydrogen-bond donors (Lipinski definition) is 3. The van der Waals surface area contributed by atoms with Crippen LogP contribution in [0.1, 0.15) is 25.0 Å². The molecule has 1 aromatic rings. The fraction of sp³-hybridized carbons (Fsp3) is 0.435. The van der Waals surface area contributed by atoms with Crippen LogP contribution < -0.4 is 11.1 Å². The molecule has 18 heteroatoms. The summed E-state index contributed by atoms with van der Waals surface area (Å²) in [6, 6.07) is -1.28. The van der Waals surface area contributed by atoms with Gasteiger partial charge in [0.25, 0.3) is 11.8 Å². The number of allylic oxidation sites excluding steroid dienone is 1. The Balaban J connectivity index is 1.40. The van der Waals surface area contributed by atoms with Crippen LogP contribution in [0.25, 0.3) is 0 Å². The molecule has 13 nitrogen and oxygen atoms in total. The lowest BCUT2D eigenvalue weighted by Gasteiger charge is -2.49. The molecule has 1 saturated carbocycles. The van der Waals surface area contributed by atoms with E-state index in [1.165, 1.54) is 11.5 Å². The van der Waals surface area contributed by atoms with Gasteiger partial charge in [0.2, 0.25) is 5.91 Å². The minimum absolute atomic E-state index is 0.0246. The monoisotopic (exact) mass is 614 g/mol. The van der Waals surface area contributed by atoms with Crippen molar-refractivity contribution in [1.82, 2.24) is 20.1 Å². The number of ether oxygens (including phenoxy) is 1. The number of likely N-dealkylation sites (tertiary alicyclic amines) is 1. The number of hydrogen-bond acceptors (Lipinski definition) is 12. The number of rotatable bonds is 7. The van der Waals surface area contributed by atoms with Crippen molar-refractivity contribution >= 4 is 63.6 Å². The fourth-order valence-corrected chi connectivity index (χ4v) is 6.40. The van der Waals surface area contributed by atoms with E-state index in [1.54, 1.807) is 4.90 Å². The third kappa shape index (κ3) is 5.65. The fourth-order valence-electron chi connectivity index (χ4n) is 4.55. The lowest BCUT2D eigenvalue weighted by molar-refractivity contribution is -0.201. The van der Waals surface area contributed by atoms with Gasteiger partial charge in [-0.2, -0.15) is 13.2 Å². The summed E-state index contributed by atoms with van der Waals surface area (Å²) in [7, 11) is 0. The van der Waals surface area contributed by atoms with Crippen molar-refractivity contribution in [3.05, 3.63) is 34.0 Å². The van der Waals surface area contributed by atoms with Gasteiger partial charge in [0, 0.05) is 29.8 Å². The van der Waals surface area contributed by atoms with Gasteiger partial charge >= 0.3 is 18.1 Å². The van der Waals surface area contributed by atoms with Gasteiger partial charge in [0.05, 0.1) is 0 Å². The third-order valence-electron chi connectivity index (χ3n) is 6.71. The number of oxime groups is 1. The topological polar surface area (TPSA) is 185 Å². The molecule has 3 aliphatic heterocycles. The van der Waals surface area contributed by atoms with E-state index in [9.17, 15) is 42.4 Å². The minimum Gasteiger partial charge on any atom is -0.410 e. The van der Waals surface area contributed by atoms with E-state index in [-0.39, 0.29) is 28.1 Å². The van der Waals surface area contributed by atoms with E-state index in [0.717, 1.165) is 40.8 Å². The van der Waals surface area contributed by atoms with Gasteiger partial charge in [0.15, 0.2) is 10.8 Å². The molecule has 0 radical (unpaired) electrons. The van der Waals surface area contributed by atoms with Crippen LogP contribution >= 0.6 is 23.1 Å². The zero-order valence-electron chi connectivity index (χ0n) is 20.8. The Hall–Kier alpha value is -3.93. The molecular weight excluding hydrogens is 593 g/mol. The standard InChI is InChI=1S/C23H21F3N6O7S2/c24-23(25,26)21(37)39-20(36)15-11(5-10-3-4-31(17(10)34)6-9-1-2-9)7-40-19-14(18(35)32(15)19)29-16(33)13(30-38)12-8-41-22(27)28-12/h5,8-9,14,19,38H,1-4,6-7H2,(H2,27,28)(H,29,33)/b10-5?,30-13-/t14-,19-/m1/s1. The Morgan fingerprint density at radius 3 is 2.63 bits per heavy atom. The molecule has 3 fully saturated rings. The number of carbonyl (C=O) groups is 5. The smallest absolute Gasteiger partial charge is 0.410 e. The average molecular weight is 615 g/mol. The molecule has 4 aliphatic rings. The molecule has 1 aromatic heterocycles. The number of aromatic nitrogens is 1. The lowest BCUT2D eigenvalue weighted by atomic mass is 10.0. The van der Waals surface area contributed by atoms with Crippen molar-refractivity contribution in [3.8, 4) is 0 Å². The number of amides is 3. The molecule has 0 spiro atoms. The average Bonchev–Trinajstić information content (AvgIpc) is 3.54. The van der Waals surface area contributed by atoms with Crippen molar-refractivity contribution in [2.75, 3.05) is 24.6 Å². The molecule has 0 unspecified atom stereocenters. The second-order valence-corrected chi connectivity index (χ2v) is 11.5. The molecule has 218 valence electrons. The summed E-state index contributed by atoms with van der Waals surface area (Å²) in [5, 5.41) is 15.0. The van der Waals surface area contributed by atoms with Gasteiger partial charge in [-0.1, -0.05) is 5.16 Å². The van der Waals surface area contributed by atoms with E-state index >= 15 is 0 Å². The highest BCUT2D eigenvalue weighted by Gasteiger charge is 2.55. The highest BCUT2D eigenvalue weighted by molar-refractivity contribution is 8.00. The van der Waals surface area contributed by atoms with Crippen LogP contribution in [-0.4, -0.2) is 91.8 Å². The Morgan fingerprint density at radius 2 is 2.02 bits per heavy atom. The molecule has 4 heterocycles. The van der Waals surface area contributed by atoms with Crippen LogP contribution in [0.3, 0.4) is 0 Å². The second-order valence-electron chi connectivity index (χ2n) is 9.54. The van der Waals surface area contributed by atoms with Gasteiger partial charge in [-0.05, 0) is 36.8 Å². The largest absolute Gasteiger partial charge is 0.491 e. The summed E-state index contributed by atoms with van der Waals surface area (Å²) < 4.78 is 42.6. The maximum absolute atomic E-state index is 13.1. The van der Waals surface area contributed by atoms with E-state index in [4.69, 9.17) is 5.73 Å². The maximum Gasteiger partial charge on any atom is 0.491 e. The molecule has 4 N–H and O–H groups in total.